The van der Waals surface area contributed by atoms with E-state index in [1.165, 1.54) is 5.69 Å². The molecule has 1 amide bonds. The summed E-state index contributed by atoms with van der Waals surface area (Å²) in [5.41, 5.74) is 7.12. The number of piperazine rings is 1. The molecule has 6 rings (SSSR count). The summed E-state index contributed by atoms with van der Waals surface area (Å²) in [5.74, 6) is -0.559. The lowest BCUT2D eigenvalue weighted by Gasteiger charge is -2.34. The Hall–Kier alpha value is -4.32. The van der Waals surface area contributed by atoms with Gasteiger partial charge in [0.15, 0.2) is 0 Å². The number of nitrogens with zero attached hydrogens (tertiary/aromatic N) is 5. The molecule has 4 heterocycles. The molecule has 8 heteroatoms. The zero-order chi connectivity index (χ0) is 26.8. The van der Waals surface area contributed by atoms with Crippen LogP contribution in [0.1, 0.15) is 33.1 Å². The van der Waals surface area contributed by atoms with Crippen molar-refractivity contribution in [2.75, 3.05) is 44.7 Å². The van der Waals surface area contributed by atoms with Crippen molar-refractivity contribution in [1.29, 1.82) is 5.26 Å². The molecule has 2 aromatic carbocycles. The van der Waals surface area contributed by atoms with Gasteiger partial charge in [0.25, 0.3) is 5.91 Å². The molecule has 0 saturated carbocycles. The lowest BCUT2D eigenvalue weighted by atomic mass is 9.92. The van der Waals surface area contributed by atoms with Crippen LogP contribution in [0, 0.1) is 11.3 Å². The normalized spacial score (nSPS) is 17.4. The van der Waals surface area contributed by atoms with Crippen LogP contribution in [-0.4, -0.2) is 60.6 Å². The molecule has 1 N–H and O–H groups in total. The molecule has 196 valence electrons. The minimum atomic E-state index is -0.355. The minimum absolute atomic E-state index is 0.203. The number of rotatable bonds is 5. The average molecular weight is 519 g/mol. The highest BCUT2D eigenvalue weighted by molar-refractivity contribution is 5.94. The van der Waals surface area contributed by atoms with Gasteiger partial charge in [0.2, 0.25) is 0 Å². The van der Waals surface area contributed by atoms with Crippen LogP contribution in [0.2, 0.25) is 0 Å². The van der Waals surface area contributed by atoms with Crippen molar-refractivity contribution >= 4 is 22.5 Å². The number of hydrogen-bond donors (Lipinski definition) is 1. The highest BCUT2D eigenvalue weighted by Crippen LogP contribution is 2.28. The van der Waals surface area contributed by atoms with Crippen molar-refractivity contribution in [3.63, 3.8) is 0 Å². The summed E-state index contributed by atoms with van der Waals surface area (Å²) in [4.78, 5) is 27.1. The first-order chi connectivity index (χ1) is 19.1. The fourth-order valence-electron chi connectivity index (χ4n) is 5.19. The summed E-state index contributed by atoms with van der Waals surface area (Å²) in [6.07, 6.45) is 1.80. The fourth-order valence-corrected chi connectivity index (χ4v) is 5.19. The zero-order valence-corrected chi connectivity index (χ0v) is 21.9. The maximum Gasteiger partial charge on any atom is 0.251 e. The number of pyridine rings is 2. The highest BCUT2D eigenvalue weighted by Gasteiger charge is 2.22. The van der Waals surface area contributed by atoms with Crippen LogP contribution in [0.25, 0.3) is 22.2 Å². The van der Waals surface area contributed by atoms with E-state index in [4.69, 9.17) is 9.72 Å². The van der Waals surface area contributed by atoms with Gasteiger partial charge < -0.3 is 19.9 Å². The third kappa shape index (κ3) is 5.32. The number of likely N-dealkylation sites (N-methyl/N-ethyl adjacent to an activating group) is 1. The van der Waals surface area contributed by atoms with Crippen LogP contribution >= 0.6 is 0 Å². The van der Waals surface area contributed by atoms with Gasteiger partial charge in [0.05, 0.1) is 48.7 Å². The second-order valence-corrected chi connectivity index (χ2v) is 10.2. The summed E-state index contributed by atoms with van der Waals surface area (Å²) >= 11 is 0. The van der Waals surface area contributed by atoms with E-state index in [0.29, 0.717) is 18.8 Å². The van der Waals surface area contributed by atoms with Gasteiger partial charge in [-0.2, -0.15) is 5.26 Å². The number of carbonyl (C=O) groups excluding carboxylic acids is 1. The van der Waals surface area contributed by atoms with Crippen LogP contribution in [-0.2, 0) is 17.9 Å². The quantitative estimate of drug-likeness (QED) is 0.425. The predicted molar refractivity (Wildman–Crippen MR) is 150 cm³/mol. The van der Waals surface area contributed by atoms with Crippen molar-refractivity contribution in [3.8, 4) is 17.3 Å². The number of fused-ring (bicyclic) bond motifs is 2. The number of nitriles is 1. The highest BCUT2D eigenvalue weighted by atomic mass is 16.5. The molecule has 2 aliphatic rings. The van der Waals surface area contributed by atoms with E-state index in [1.807, 2.05) is 24.3 Å². The molecule has 0 unspecified atom stereocenters. The molecule has 0 radical (unpaired) electrons. The number of amides is 1. The number of nitrogens with one attached hydrogen (secondary N) is 1. The molecule has 1 saturated heterocycles. The number of ether oxygens (including phenoxy) is 1. The molecule has 0 bridgehead atoms. The van der Waals surface area contributed by atoms with Crippen molar-refractivity contribution in [3.05, 3.63) is 89.2 Å². The maximum absolute atomic E-state index is 12.9. The molecule has 0 spiro atoms. The Morgan fingerprint density at radius 1 is 1.10 bits per heavy atom. The monoisotopic (exact) mass is 518 g/mol. The smallest absolute Gasteiger partial charge is 0.251 e. The first-order valence-corrected chi connectivity index (χ1v) is 13.3. The Bertz CT molecular complexity index is 1570. The Balaban J connectivity index is 1.18. The zero-order valence-electron chi connectivity index (χ0n) is 21.9. The van der Waals surface area contributed by atoms with Crippen LogP contribution in [0.15, 0.2) is 66.9 Å². The summed E-state index contributed by atoms with van der Waals surface area (Å²) in [6, 6.07) is 22.3. The molecule has 2 aliphatic heterocycles. The summed E-state index contributed by atoms with van der Waals surface area (Å²) in [5, 5.41) is 13.3. The van der Waals surface area contributed by atoms with Gasteiger partial charge in [-0.25, -0.2) is 4.98 Å². The summed E-state index contributed by atoms with van der Waals surface area (Å²) in [6.45, 7) is 5.26. The average Bonchev–Trinajstić information content (AvgIpc) is 2.99. The van der Waals surface area contributed by atoms with Crippen molar-refractivity contribution in [2.45, 2.75) is 19.1 Å². The van der Waals surface area contributed by atoms with Crippen LogP contribution in [0.4, 0.5) is 5.69 Å². The lowest BCUT2D eigenvalue weighted by molar-refractivity contribution is 0.0945. The number of hydrogen-bond acceptors (Lipinski definition) is 7. The summed E-state index contributed by atoms with van der Waals surface area (Å²) < 4.78 is 5.47. The minimum Gasteiger partial charge on any atom is -0.375 e. The Labute approximate surface area is 227 Å². The Morgan fingerprint density at radius 3 is 2.82 bits per heavy atom. The van der Waals surface area contributed by atoms with Crippen molar-refractivity contribution in [2.24, 2.45) is 0 Å². The number of carbonyl (C=O) groups is 1. The van der Waals surface area contributed by atoms with Crippen molar-refractivity contribution < 1.29 is 9.53 Å². The van der Waals surface area contributed by atoms with E-state index < -0.39 is 0 Å². The molecular formula is C31H30N6O2. The second-order valence-electron chi connectivity index (χ2n) is 10.2. The summed E-state index contributed by atoms with van der Waals surface area (Å²) in [7, 11) is 2.16. The van der Waals surface area contributed by atoms with Crippen LogP contribution < -0.4 is 10.2 Å². The van der Waals surface area contributed by atoms with Gasteiger partial charge in [0.1, 0.15) is 0 Å². The molecule has 39 heavy (non-hydrogen) atoms. The molecule has 1 fully saturated rings. The molecule has 1 atom stereocenters. The SMILES string of the molecule is CN1CCN(c2cccc(-c3ccc4cnc(CNC(=O)c5ccc6c(c5)[C@H](C#N)COC6)cc4n3)c2)CC1. The third-order valence-electron chi connectivity index (χ3n) is 7.55. The van der Waals surface area contributed by atoms with E-state index in [2.05, 4.69) is 57.5 Å². The molecular weight excluding hydrogens is 488 g/mol. The number of aromatic nitrogens is 2. The molecule has 8 nitrogen and oxygen atoms in total. The fraction of sp³-hybridized carbons (Fsp3) is 0.290. The van der Waals surface area contributed by atoms with Gasteiger partial charge in [-0.05, 0) is 60.6 Å². The largest absolute Gasteiger partial charge is 0.375 e. The van der Waals surface area contributed by atoms with Gasteiger partial charge >= 0.3 is 0 Å². The number of anilines is 1. The predicted octanol–water partition coefficient (Wildman–Crippen LogP) is 4.12. The first-order valence-electron chi connectivity index (χ1n) is 13.3. The third-order valence-corrected chi connectivity index (χ3v) is 7.55. The Kier molecular flexibility index (Phi) is 6.93. The van der Waals surface area contributed by atoms with Gasteiger partial charge in [-0.15, -0.1) is 0 Å². The van der Waals surface area contributed by atoms with Crippen LogP contribution in [0.5, 0.6) is 0 Å². The Morgan fingerprint density at radius 2 is 1.97 bits per heavy atom. The van der Waals surface area contributed by atoms with E-state index in [9.17, 15) is 10.1 Å². The van der Waals surface area contributed by atoms with Gasteiger partial charge in [-0.1, -0.05) is 18.2 Å². The van der Waals surface area contributed by atoms with E-state index in [0.717, 1.165) is 65.2 Å². The maximum atomic E-state index is 12.9. The second kappa shape index (κ2) is 10.8. The molecule has 0 aliphatic carbocycles. The van der Waals surface area contributed by atoms with E-state index >= 15 is 0 Å². The van der Waals surface area contributed by atoms with Crippen molar-refractivity contribution in [1.82, 2.24) is 20.2 Å². The topological polar surface area (TPSA) is 94.4 Å². The molecule has 4 aromatic rings. The first kappa shape index (κ1) is 25.0. The molecule has 2 aromatic heterocycles. The number of benzene rings is 2. The van der Waals surface area contributed by atoms with E-state index in [-0.39, 0.29) is 18.4 Å². The van der Waals surface area contributed by atoms with Gasteiger partial charge in [0, 0.05) is 54.6 Å². The van der Waals surface area contributed by atoms with Gasteiger partial charge in [-0.3, -0.25) is 9.78 Å². The van der Waals surface area contributed by atoms with E-state index in [1.54, 1.807) is 18.3 Å². The standard InChI is InChI=1S/C31H30N6O2/c1-36-9-11-37(12-10-36)27-4-2-3-21(13-27)29-8-7-23-17-33-26(15-30(23)35-29)18-34-31(38)22-5-6-24-19-39-20-25(16-32)28(24)14-22/h2-8,13-15,17,25H,9-12,18-20H2,1H3,(H,34,38)/t25-/m1/s1. The lowest BCUT2D eigenvalue weighted by Crippen LogP contribution is -2.44. The van der Waals surface area contributed by atoms with Crippen LogP contribution in [0.3, 0.4) is 0 Å².